The first-order valence-electron chi connectivity index (χ1n) is 7.22. The molecule has 0 N–H and O–H groups in total. The molecule has 0 aliphatic rings. The molecule has 0 aliphatic heterocycles. The van der Waals surface area contributed by atoms with E-state index < -0.39 is 27.3 Å². The van der Waals surface area contributed by atoms with Gasteiger partial charge < -0.3 is 0 Å². The molecule has 1 rings (SSSR count). The molecular formula is C16H22ClF3OS. The van der Waals surface area contributed by atoms with E-state index in [4.69, 9.17) is 11.6 Å². The summed E-state index contributed by atoms with van der Waals surface area (Å²) < 4.78 is 51.7. The highest BCUT2D eigenvalue weighted by atomic mass is 35.5. The van der Waals surface area contributed by atoms with Crippen LogP contribution in [0.3, 0.4) is 0 Å². The van der Waals surface area contributed by atoms with Crippen molar-refractivity contribution in [1.29, 1.82) is 0 Å². The fourth-order valence-electron chi connectivity index (χ4n) is 2.24. The van der Waals surface area contributed by atoms with Crippen LogP contribution in [0.2, 0.25) is 5.02 Å². The Labute approximate surface area is 137 Å². The van der Waals surface area contributed by atoms with E-state index in [0.29, 0.717) is 6.42 Å². The van der Waals surface area contributed by atoms with E-state index in [1.165, 1.54) is 12.1 Å². The average Bonchev–Trinajstić information content (AvgIpc) is 2.36. The lowest BCUT2D eigenvalue weighted by molar-refractivity contribution is -0.138. The molecule has 0 heterocycles. The quantitative estimate of drug-likeness (QED) is 0.654. The molecular weight excluding hydrogens is 333 g/mol. The standard InChI is InChI=1S/C16H22ClF3OS/c1-5-6-11(10-22(21)15(2,3)4)13-8-7-12(17)9-14(13)16(18,19)20/h7-9,11H,5-6,10H2,1-4H3/t11?,22-/m1/s1. The van der Waals surface area contributed by atoms with Gasteiger partial charge in [0.1, 0.15) is 0 Å². The van der Waals surface area contributed by atoms with Crippen molar-refractivity contribution in [3.8, 4) is 0 Å². The summed E-state index contributed by atoms with van der Waals surface area (Å²) in [6.45, 7) is 7.41. The van der Waals surface area contributed by atoms with Gasteiger partial charge in [0.15, 0.2) is 0 Å². The SMILES string of the molecule is CCCC(C[S@@](=O)C(C)(C)C)c1ccc(Cl)cc1C(F)(F)F. The maximum atomic E-state index is 13.3. The van der Waals surface area contributed by atoms with Gasteiger partial charge in [-0.25, -0.2) is 0 Å². The summed E-state index contributed by atoms with van der Waals surface area (Å²) in [5.41, 5.74) is -0.527. The highest BCUT2D eigenvalue weighted by Gasteiger charge is 2.36. The van der Waals surface area contributed by atoms with Crippen LogP contribution >= 0.6 is 11.6 Å². The number of benzene rings is 1. The van der Waals surface area contributed by atoms with Crippen molar-refractivity contribution in [1.82, 2.24) is 0 Å². The molecule has 0 saturated heterocycles. The highest BCUT2D eigenvalue weighted by molar-refractivity contribution is 7.86. The molecule has 0 bridgehead atoms. The van der Waals surface area contributed by atoms with Crippen molar-refractivity contribution >= 4 is 22.4 Å². The van der Waals surface area contributed by atoms with Gasteiger partial charge in [-0.15, -0.1) is 0 Å². The van der Waals surface area contributed by atoms with Gasteiger partial charge in [0.25, 0.3) is 0 Å². The second-order valence-electron chi connectivity index (χ2n) is 6.34. The Balaban J connectivity index is 3.25. The van der Waals surface area contributed by atoms with E-state index in [-0.39, 0.29) is 22.3 Å². The Morgan fingerprint density at radius 3 is 2.27 bits per heavy atom. The first-order chi connectivity index (χ1) is 9.96. The van der Waals surface area contributed by atoms with E-state index in [1.54, 1.807) is 0 Å². The van der Waals surface area contributed by atoms with Gasteiger partial charge in [-0.3, -0.25) is 4.21 Å². The van der Waals surface area contributed by atoms with Gasteiger partial charge in [0, 0.05) is 26.3 Å². The van der Waals surface area contributed by atoms with Crippen molar-refractivity contribution in [2.45, 2.75) is 57.4 Å². The summed E-state index contributed by atoms with van der Waals surface area (Å²) in [6.07, 6.45) is -3.17. The molecule has 1 aromatic rings. The lowest BCUT2D eigenvalue weighted by Crippen LogP contribution is -2.27. The van der Waals surface area contributed by atoms with Crippen molar-refractivity contribution in [2.75, 3.05) is 5.75 Å². The number of hydrogen-bond donors (Lipinski definition) is 0. The molecule has 1 unspecified atom stereocenters. The lowest BCUT2D eigenvalue weighted by atomic mass is 9.92. The molecule has 1 nitrogen and oxygen atoms in total. The van der Waals surface area contributed by atoms with Crippen LogP contribution in [0.4, 0.5) is 13.2 Å². The zero-order valence-corrected chi connectivity index (χ0v) is 14.8. The molecule has 0 spiro atoms. The van der Waals surface area contributed by atoms with Crippen LogP contribution in [-0.4, -0.2) is 14.7 Å². The summed E-state index contributed by atoms with van der Waals surface area (Å²) in [5, 5.41) is 0.0586. The fourth-order valence-corrected chi connectivity index (χ4v) is 3.62. The third kappa shape index (κ3) is 5.27. The van der Waals surface area contributed by atoms with Gasteiger partial charge in [-0.1, -0.05) is 31.0 Å². The molecule has 6 heteroatoms. The lowest BCUT2D eigenvalue weighted by Gasteiger charge is -2.25. The van der Waals surface area contributed by atoms with Crippen molar-refractivity contribution in [2.24, 2.45) is 0 Å². The predicted molar refractivity (Wildman–Crippen MR) is 86.9 cm³/mol. The largest absolute Gasteiger partial charge is 0.416 e. The first kappa shape index (κ1) is 19.5. The van der Waals surface area contributed by atoms with E-state index in [0.717, 1.165) is 12.5 Å². The monoisotopic (exact) mass is 354 g/mol. The van der Waals surface area contributed by atoms with E-state index >= 15 is 0 Å². The predicted octanol–water partition coefficient (Wildman–Crippen LogP) is 5.79. The minimum absolute atomic E-state index is 0.0586. The molecule has 1 aromatic carbocycles. The molecule has 2 atom stereocenters. The summed E-state index contributed by atoms with van der Waals surface area (Å²) in [5.74, 6) is -0.166. The zero-order valence-electron chi connectivity index (χ0n) is 13.3. The topological polar surface area (TPSA) is 17.1 Å². The molecule has 0 aromatic heterocycles. The highest BCUT2D eigenvalue weighted by Crippen LogP contribution is 2.39. The number of alkyl halides is 3. The molecule has 0 amide bonds. The van der Waals surface area contributed by atoms with Crippen molar-refractivity contribution < 1.29 is 17.4 Å². The third-order valence-corrected chi connectivity index (χ3v) is 5.74. The van der Waals surface area contributed by atoms with Crippen LogP contribution < -0.4 is 0 Å². The minimum atomic E-state index is -4.46. The van der Waals surface area contributed by atoms with Crippen LogP contribution in [0, 0.1) is 0 Å². The van der Waals surface area contributed by atoms with Gasteiger partial charge in [-0.2, -0.15) is 13.2 Å². The number of hydrogen-bond acceptors (Lipinski definition) is 1. The smallest absolute Gasteiger partial charge is 0.259 e. The van der Waals surface area contributed by atoms with E-state index in [9.17, 15) is 17.4 Å². The van der Waals surface area contributed by atoms with Crippen LogP contribution in [-0.2, 0) is 17.0 Å². The summed E-state index contributed by atoms with van der Waals surface area (Å²) in [7, 11) is -1.21. The van der Waals surface area contributed by atoms with Crippen LogP contribution in [0.1, 0.15) is 57.6 Å². The van der Waals surface area contributed by atoms with Crippen molar-refractivity contribution in [3.05, 3.63) is 34.3 Å². The minimum Gasteiger partial charge on any atom is -0.259 e. The summed E-state index contributed by atoms with van der Waals surface area (Å²) in [4.78, 5) is 0. The average molecular weight is 355 g/mol. The summed E-state index contributed by atoms with van der Waals surface area (Å²) in [6, 6.07) is 3.85. The summed E-state index contributed by atoms with van der Waals surface area (Å²) >= 11 is 5.72. The van der Waals surface area contributed by atoms with Gasteiger partial charge in [0.05, 0.1) is 5.56 Å². The van der Waals surface area contributed by atoms with Crippen LogP contribution in [0.5, 0.6) is 0 Å². The molecule has 0 radical (unpaired) electrons. The normalized spacial score (nSPS) is 15.6. The Kier molecular flexibility index (Phi) is 6.51. The molecule has 0 fully saturated rings. The Bertz CT molecular complexity index is 535. The van der Waals surface area contributed by atoms with Gasteiger partial charge in [-0.05, 0) is 50.8 Å². The van der Waals surface area contributed by atoms with Crippen LogP contribution in [0.25, 0.3) is 0 Å². The maximum absolute atomic E-state index is 13.3. The van der Waals surface area contributed by atoms with Crippen molar-refractivity contribution in [3.63, 3.8) is 0 Å². The van der Waals surface area contributed by atoms with E-state index in [1.807, 2.05) is 27.7 Å². The fraction of sp³-hybridized carbons (Fsp3) is 0.625. The molecule has 22 heavy (non-hydrogen) atoms. The first-order valence-corrected chi connectivity index (χ1v) is 8.91. The molecule has 126 valence electrons. The second-order valence-corrected chi connectivity index (χ2v) is 9.03. The third-order valence-electron chi connectivity index (χ3n) is 3.43. The Hall–Kier alpha value is -0.550. The maximum Gasteiger partial charge on any atom is 0.416 e. The zero-order chi connectivity index (χ0) is 17.1. The number of rotatable bonds is 5. The second kappa shape index (κ2) is 7.35. The van der Waals surface area contributed by atoms with Gasteiger partial charge in [0.2, 0.25) is 0 Å². The Morgan fingerprint density at radius 2 is 1.82 bits per heavy atom. The van der Waals surface area contributed by atoms with Crippen LogP contribution in [0.15, 0.2) is 18.2 Å². The van der Waals surface area contributed by atoms with E-state index in [2.05, 4.69) is 0 Å². The Morgan fingerprint density at radius 1 is 1.23 bits per heavy atom. The van der Waals surface area contributed by atoms with Gasteiger partial charge >= 0.3 is 6.18 Å². The molecule has 0 aliphatic carbocycles. The number of halogens is 4. The molecule has 0 saturated carbocycles.